The number of anilines is 1. The van der Waals surface area contributed by atoms with Gasteiger partial charge in [-0.15, -0.1) is 0 Å². The molecular formula is C16H13BrN2O2. The summed E-state index contributed by atoms with van der Waals surface area (Å²) in [6.45, 7) is 0.311. The average molecular weight is 345 g/mol. The lowest BCUT2D eigenvalue weighted by Crippen LogP contribution is -2.18. The Kier molecular flexibility index (Phi) is 5.50. The highest BCUT2D eigenvalue weighted by Gasteiger charge is 2.04. The van der Waals surface area contributed by atoms with Crippen molar-refractivity contribution in [3.05, 3.63) is 64.1 Å². The Morgan fingerprint density at radius 3 is 2.81 bits per heavy atom. The second-order valence-electron chi connectivity index (χ2n) is 4.32. The fraction of sp³-hybridized carbons (Fsp3) is 0.125. The Morgan fingerprint density at radius 2 is 2.05 bits per heavy atom. The van der Waals surface area contributed by atoms with Gasteiger partial charge in [-0.2, -0.15) is 5.26 Å². The molecule has 0 bridgehead atoms. The molecule has 0 aliphatic carbocycles. The van der Waals surface area contributed by atoms with E-state index >= 15 is 0 Å². The number of benzene rings is 2. The second-order valence-corrected chi connectivity index (χ2v) is 5.18. The predicted molar refractivity (Wildman–Crippen MR) is 83.6 cm³/mol. The molecule has 0 radical (unpaired) electrons. The first-order valence-corrected chi connectivity index (χ1v) is 7.09. The molecule has 0 unspecified atom stereocenters. The summed E-state index contributed by atoms with van der Waals surface area (Å²) < 4.78 is 6.34. The highest BCUT2D eigenvalue weighted by molar-refractivity contribution is 9.10. The van der Waals surface area contributed by atoms with Gasteiger partial charge in [0, 0.05) is 10.2 Å². The zero-order valence-corrected chi connectivity index (χ0v) is 12.8. The molecule has 2 rings (SSSR count). The van der Waals surface area contributed by atoms with Crippen molar-refractivity contribution in [2.75, 3.05) is 11.9 Å². The standard InChI is InChI=1S/C16H13BrN2O2/c17-15-7-2-1-5-13(15)10-21-11-16(20)19-14-6-3-4-12(8-14)9-18/h1-8H,10-11H2,(H,19,20). The van der Waals surface area contributed by atoms with Crippen LogP contribution in [0, 0.1) is 11.3 Å². The van der Waals surface area contributed by atoms with Crippen LogP contribution in [0.4, 0.5) is 5.69 Å². The second kappa shape index (κ2) is 7.58. The van der Waals surface area contributed by atoms with Crippen molar-refractivity contribution in [2.45, 2.75) is 6.61 Å². The molecule has 5 heteroatoms. The fourth-order valence-corrected chi connectivity index (χ4v) is 2.13. The molecule has 1 N–H and O–H groups in total. The molecule has 106 valence electrons. The van der Waals surface area contributed by atoms with Crippen molar-refractivity contribution < 1.29 is 9.53 Å². The van der Waals surface area contributed by atoms with Gasteiger partial charge in [0.1, 0.15) is 6.61 Å². The number of carbonyl (C=O) groups excluding carboxylic acids is 1. The molecule has 0 fully saturated rings. The summed E-state index contributed by atoms with van der Waals surface area (Å²) in [5.74, 6) is -0.253. The number of hydrogen-bond donors (Lipinski definition) is 1. The first-order chi connectivity index (χ1) is 10.2. The lowest BCUT2D eigenvalue weighted by Gasteiger charge is -2.07. The lowest BCUT2D eigenvalue weighted by molar-refractivity contribution is -0.121. The van der Waals surface area contributed by atoms with Gasteiger partial charge in [0.25, 0.3) is 0 Å². The zero-order chi connectivity index (χ0) is 15.1. The van der Waals surface area contributed by atoms with Crippen LogP contribution in [0.1, 0.15) is 11.1 Å². The van der Waals surface area contributed by atoms with E-state index in [1.54, 1.807) is 24.3 Å². The van der Waals surface area contributed by atoms with Crippen LogP contribution in [0.15, 0.2) is 53.0 Å². The molecule has 0 heterocycles. The summed E-state index contributed by atoms with van der Waals surface area (Å²) in [6.07, 6.45) is 0. The maximum Gasteiger partial charge on any atom is 0.250 e. The number of amides is 1. The van der Waals surface area contributed by atoms with Crippen molar-refractivity contribution in [3.63, 3.8) is 0 Å². The minimum atomic E-state index is -0.253. The average Bonchev–Trinajstić information content (AvgIpc) is 2.49. The first-order valence-electron chi connectivity index (χ1n) is 6.30. The molecule has 0 spiro atoms. The minimum Gasteiger partial charge on any atom is -0.367 e. The van der Waals surface area contributed by atoms with Crippen LogP contribution in [0.5, 0.6) is 0 Å². The molecule has 21 heavy (non-hydrogen) atoms. The van der Waals surface area contributed by atoms with E-state index in [0.717, 1.165) is 10.0 Å². The van der Waals surface area contributed by atoms with Gasteiger partial charge in [0.2, 0.25) is 5.91 Å². The highest BCUT2D eigenvalue weighted by atomic mass is 79.9. The van der Waals surface area contributed by atoms with Gasteiger partial charge < -0.3 is 10.1 Å². The van der Waals surface area contributed by atoms with Crippen LogP contribution in [-0.4, -0.2) is 12.5 Å². The fourth-order valence-electron chi connectivity index (χ4n) is 1.73. The Morgan fingerprint density at radius 1 is 1.24 bits per heavy atom. The number of nitriles is 1. The maximum absolute atomic E-state index is 11.8. The minimum absolute atomic E-state index is 0.0435. The van der Waals surface area contributed by atoms with Gasteiger partial charge in [0.05, 0.1) is 18.2 Å². The molecule has 1 amide bonds. The van der Waals surface area contributed by atoms with E-state index in [0.29, 0.717) is 17.9 Å². The molecular weight excluding hydrogens is 332 g/mol. The van der Waals surface area contributed by atoms with E-state index in [4.69, 9.17) is 10.00 Å². The number of nitrogens with one attached hydrogen (secondary N) is 1. The quantitative estimate of drug-likeness (QED) is 0.903. The molecule has 0 saturated carbocycles. The Bertz CT molecular complexity index is 680. The Hall–Kier alpha value is -2.16. The summed E-state index contributed by atoms with van der Waals surface area (Å²) in [5, 5.41) is 11.5. The molecule has 0 aromatic heterocycles. The predicted octanol–water partition coefficient (Wildman–Crippen LogP) is 3.48. The summed E-state index contributed by atoms with van der Waals surface area (Å²) >= 11 is 3.42. The van der Waals surface area contributed by atoms with Crippen LogP contribution < -0.4 is 5.32 Å². The topological polar surface area (TPSA) is 62.1 Å². The third-order valence-corrected chi connectivity index (χ3v) is 3.50. The van der Waals surface area contributed by atoms with Crippen molar-refractivity contribution in [2.24, 2.45) is 0 Å². The molecule has 0 aliphatic heterocycles. The molecule has 0 atom stereocenters. The Labute approximate surface area is 131 Å². The van der Waals surface area contributed by atoms with Gasteiger partial charge in [-0.1, -0.05) is 40.2 Å². The number of hydrogen-bond acceptors (Lipinski definition) is 3. The molecule has 4 nitrogen and oxygen atoms in total. The maximum atomic E-state index is 11.8. The van der Waals surface area contributed by atoms with E-state index in [1.165, 1.54) is 0 Å². The number of rotatable bonds is 5. The van der Waals surface area contributed by atoms with Crippen LogP contribution in [0.25, 0.3) is 0 Å². The monoisotopic (exact) mass is 344 g/mol. The largest absolute Gasteiger partial charge is 0.367 e. The lowest BCUT2D eigenvalue weighted by atomic mass is 10.2. The van der Waals surface area contributed by atoms with E-state index in [-0.39, 0.29) is 12.5 Å². The van der Waals surface area contributed by atoms with Crippen LogP contribution in [0.3, 0.4) is 0 Å². The van der Waals surface area contributed by atoms with Gasteiger partial charge >= 0.3 is 0 Å². The molecule has 0 aliphatic rings. The molecule has 2 aromatic carbocycles. The van der Waals surface area contributed by atoms with Gasteiger partial charge in [-0.05, 0) is 29.8 Å². The van der Waals surface area contributed by atoms with Gasteiger partial charge in [0.15, 0.2) is 0 Å². The number of nitrogens with zero attached hydrogens (tertiary/aromatic N) is 1. The Balaban J connectivity index is 1.83. The summed E-state index contributed by atoms with van der Waals surface area (Å²) in [7, 11) is 0. The molecule has 2 aromatic rings. The van der Waals surface area contributed by atoms with Crippen LogP contribution in [-0.2, 0) is 16.1 Å². The number of carbonyl (C=O) groups is 1. The van der Waals surface area contributed by atoms with Crippen molar-refractivity contribution in [1.82, 2.24) is 0 Å². The number of ether oxygens (including phenoxy) is 1. The van der Waals surface area contributed by atoms with Crippen molar-refractivity contribution in [3.8, 4) is 6.07 Å². The highest BCUT2D eigenvalue weighted by Crippen LogP contribution is 2.16. The first kappa shape index (κ1) is 15.2. The van der Waals surface area contributed by atoms with Crippen LogP contribution in [0.2, 0.25) is 0 Å². The third-order valence-electron chi connectivity index (χ3n) is 2.72. The zero-order valence-electron chi connectivity index (χ0n) is 11.2. The van der Waals surface area contributed by atoms with Crippen molar-refractivity contribution >= 4 is 27.5 Å². The summed E-state index contributed by atoms with van der Waals surface area (Å²) in [4.78, 5) is 11.8. The third kappa shape index (κ3) is 4.71. The number of halogens is 1. The molecule has 0 saturated heterocycles. The van der Waals surface area contributed by atoms with E-state index in [2.05, 4.69) is 21.2 Å². The smallest absolute Gasteiger partial charge is 0.250 e. The summed E-state index contributed by atoms with van der Waals surface area (Å²) in [5.41, 5.74) is 2.07. The van der Waals surface area contributed by atoms with Gasteiger partial charge in [-0.25, -0.2) is 0 Å². The van der Waals surface area contributed by atoms with E-state index in [9.17, 15) is 4.79 Å². The SMILES string of the molecule is N#Cc1cccc(NC(=O)COCc2ccccc2Br)c1. The van der Waals surface area contributed by atoms with Crippen molar-refractivity contribution in [1.29, 1.82) is 5.26 Å². The van der Waals surface area contributed by atoms with E-state index < -0.39 is 0 Å². The van der Waals surface area contributed by atoms with Gasteiger partial charge in [-0.3, -0.25) is 4.79 Å². The summed E-state index contributed by atoms with van der Waals surface area (Å²) in [6, 6.07) is 16.5. The van der Waals surface area contributed by atoms with E-state index in [1.807, 2.05) is 30.3 Å². The van der Waals surface area contributed by atoms with Crippen LogP contribution >= 0.6 is 15.9 Å². The normalized spacial score (nSPS) is 9.90.